The molecule has 1 aromatic carbocycles. The highest BCUT2D eigenvalue weighted by Gasteiger charge is 2.22. The number of likely N-dealkylation sites (tertiary alicyclic amines) is 1. The Kier molecular flexibility index (Phi) is 5.46. The van der Waals surface area contributed by atoms with Gasteiger partial charge in [0, 0.05) is 24.2 Å². The normalized spacial score (nSPS) is 21.9. The number of aliphatic hydroxyl groups is 1. The molecular weight excluding hydrogens is 262 g/mol. The Hall–Kier alpha value is -1.04. The fourth-order valence-corrected chi connectivity index (χ4v) is 2.83. The quantitative estimate of drug-likeness (QED) is 0.871. The van der Waals surface area contributed by atoms with Gasteiger partial charge in [0.25, 0.3) is 0 Å². The van der Waals surface area contributed by atoms with Gasteiger partial charge in [-0.1, -0.05) is 18.6 Å². The third-order valence-electron chi connectivity index (χ3n) is 4.07. The number of piperidine rings is 1. The van der Waals surface area contributed by atoms with E-state index in [-0.39, 0.29) is 18.2 Å². The summed E-state index contributed by atoms with van der Waals surface area (Å²) in [6, 6.07) is 3.76. The molecule has 1 aliphatic rings. The molecule has 2 unspecified atom stereocenters. The van der Waals surface area contributed by atoms with Crippen molar-refractivity contribution >= 4 is 0 Å². The van der Waals surface area contributed by atoms with Crippen LogP contribution in [0.3, 0.4) is 0 Å². The standard InChI is InChI=1S/C15H22F2N2O/c16-13-6-3-5-12(15(13)17)14(18)7-9-19-8-2-1-4-11(19)10-20/h3,5-6,11,14,20H,1-2,4,7-10,18H2. The monoisotopic (exact) mass is 284 g/mol. The van der Waals surface area contributed by atoms with Crippen molar-refractivity contribution in [3.05, 3.63) is 35.4 Å². The highest BCUT2D eigenvalue weighted by atomic mass is 19.2. The van der Waals surface area contributed by atoms with Crippen molar-refractivity contribution in [1.82, 2.24) is 4.90 Å². The largest absolute Gasteiger partial charge is 0.395 e. The fraction of sp³-hybridized carbons (Fsp3) is 0.600. The van der Waals surface area contributed by atoms with Gasteiger partial charge in [0.1, 0.15) is 0 Å². The molecule has 20 heavy (non-hydrogen) atoms. The molecule has 0 spiro atoms. The van der Waals surface area contributed by atoms with Crippen LogP contribution in [0.25, 0.3) is 0 Å². The number of hydrogen-bond donors (Lipinski definition) is 2. The summed E-state index contributed by atoms with van der Waals surface area (Å²) < 4.78 is 26.8. The van der Waals surface area contributed by atoms with E-state index in [9.17, 15) is 13.9 Å². The molecule has 2 rings (SSSR count). The van der Waals surface area contributed by atoms with Gasteiger partial charge >= 0.3 is 0 Å². The molecular formula is C15H22F2N2O. The Morgan fingerprint density at radius 3 is 2.90 bits per heavy atom. The molecule has 3 nitrogen and oxygen atoms in total. The molecule has 1 heterocycles. The highest BCUT2D eigenvalue weighted by Crippen LogP contribution is 2.22. The predicted octanol–water partition coefficient (Wildman–Crippen LogP) is 2.20. The fourth-order valence-electron chi connectivity index (χ4n) is 2.83. The third-order valence-corrected chi connectivity index (χ3v) is 4.07. The Bertz CT molecular complexity index is 442. The van der Waals surface area contributed by atoms with Gasteiger partial charge in [-0.2, -0.15) is 0 Å². The first-order chi connectivity index (χ1) is 9.63. The van der Waals surface area contributed by atoms with Crippen molar-refractivity contribution in [2.75, 3.05) is 19.7 Å². The summed E-state index contributed by atoms with van der Waals surface area (Å²) in [4.78, 5) is 2.20. The van der Waals surface area contributed by atoms with E-state index < -0.39 is 17.7 Å². The van der Waals surface area contributed by atoms with E-state index in [1.807, 2.05) is 0 Å². The molecule has 1 saturated heterocycles. The minimum Gasteiger partial charge on any atom is -0.395 e. The van der Waals surface area contributed by atoms with Crippen LogP contribution >= 0.6 is 0 Å². The summed E-state index contributed by atoms with van der Waals surface area (Å²) in [7, 11) is 0. The van der Waals surface area contributed by atoms with E-state index in [1.165, 1.54) is 12.1 Å². The minimum atomic E-state index is -0.857. The second kappa shape index (κ2) is 7.11. The maximum atomic E-state index is 13.7. The van der Waals surface area contributed by atoms with Crippen LogP contribution in [0.4, 0.5) is 8.78 Å². The molecule has 0 saturated carbocycles. The van der Waals surface area contributed by atoms with Gasteiger partial charge in [-0.05, 0) is 31.9 Å². The van der Waals surface area contributed by atoms with Gasteiger partial charge in [0.15, 0.2) is 11.6 Å². The molecule has 3 N–H and O–H groups in total. The van der Waals surface area contributed by atoms with Crippen LogP contribution in [0, 0.1) is 11.6 Å². The maximum absolute atomic E-state index is 13.7. The summed E-state index contributed by atoms with van der Waals surface area (Å²) in [6.07, 6.45) is 3.78. The van der Waals surface area contributed by atoms with Crippen molar-refractivity contribution in [3.8, 4) is 0 Å². The Labute approximate surface area is 118 Å². The zero-order chi connectivity index (χ0) is 14.5. The zero-order valence-electron chi connectivity index (χ0n) is 11.6. The van der Waals surface area contributed by atoms with E-state index >= 15 is 0 Å². The van der Waals surface area contributed by atoms with Crippen LogP contribution in [0.2, 0.25) is 0 Å². The SMILES string of the molecule is NC(CCN1CCCCC1CO)c1cccc(F)c1F. The van der Waals surface area contributed by atoms with Crippen molar-refractivity contribution in [1.29, 1.82) is 0 Å². The predicted molar refractivity (Wildman–Crippen MR) is 74.2 cm³/mol. The number of nitrogens with zero attached hydrogens (tertiary/aromatic N) is 1. The molecule has 0 aliphatic carbocycles. The molecule has 0 radical (unpaired) electrons. The topological polar surface area (TPSA) is 49.5 Å². The lowest BCUT2D eigenvalue weighted by Gasteiger charge is -2.35. The van der Waals surface area contributed by atoms with Gasteiger partial charge < -0.3 is 10.8 Å². The van der Waals surface area contributed by atoms with Gasteiger partial charge in [-0.3, -0.25) is 4.90 Å². The lowest BCUT2D eigenvalue weighted by atomic mass is 10.00. The molecule has 5 heteroatoms. The van der Waals surface area contributed by atoms with Crippen LogP contribution in [0.1, 0.15) is 37.3 Å². The number of hydrogen-bond acceptors (Lipinski definition) is 3. The minimum absolute atomic E-state index is 0.142. The third kappa shape index (κ3) is 3.53. The molecule has 1 fully saturated rings. The maximum Gasteiger partial charge on any atom is 0.163 e. The van der Waals surface area contributed by atoms with Crippen molar-refractivity contribution in [3.63, 3.8) is 0 Å². The molecule has 112 valence electrons. The van der Waals surface area contributed by atoms with Crippen molar-refractivity contribution in [2.45, 2.75) is 37.8 Å². The average Bonchev–Trinajstić information content (AvgIpc) is 2.48. The molecule has 2 atom stereocenters. The lowest BCUT2D eigenvalue weighted by molar-refractivity contribution is 0.0874. The summed E-state index contributed by atoms with van der Waals surface area (Å²) in [6.45, 7) is 1.77. The first-order valence-electron chi connectivity index (χ1n) is 7.18. The highest BCUT2D eigenvalue weighted by molar-refractivity contribution is 5.22. The van der Waals surface area contributed by atoms with Crippen molar-refractivity contribution < 1.29 is 13.9 Å². The number of aliphatic hydroxyl groups excluding tert-OH is 1. The first kappa shape index (κ1) is 15.4. The number of rotatable bonds is 5. The van der Waals surface area contributed by atoms with Gasteiger partial charge in [0.05, 0.1) is 6.61 Å². The average molecular weight is 284 g/mol. The lowest BCUT2D eigenvalue weighted by Crippen LogP contribution is -2.43. The van der Waals surface area contributed by atoms with E-state index in [2.05, 4.69) is 4.90 Å². The van der Waals surface area contributed by atoms with Gasteiger partial charge in [-0.15, -0.1) is 0 Å². The van der Waals surface area contributed by atoms with Crippen LogP contribution in [-0.4, -0.2) is 35.7 Å². The summed E-state index contributed by atoms with van der Waals surface area (Å²) in [5, 5.41) is 9.34. The summed E-state index contributed by atoms with van der Waals surface area (Å²) in [5.41, 5.74) is 6.20. The molecule has 1 aromatic rings. The second-order valence-electron chi connectivity index (χ2n) is 5.41. The number of halogens is 2. The van der Waals surface area contributed by atoms with Crippen LogP contribution in [-0.2, 0) is 0 Å². The Morgan fingerprint density at radius 1 is 1.35 bits per heavy atom. The molecule has 0 aromatic heterocycles. The van der Waals surface area contributed by atoms with Crippen LogP contribution in [0.15, 0.2) is 18.2 Å². The zero-order valence-corrected chi connectivity index (χ0v) is 11.6. The molecule has 0 amide bonds. The van der Waals surface area contributed by atoms with Gasteiger partial charge in [0.2, 0.25) is 0 Å². The number of nitrogens with two attached hydrogens (primary N) is 1. The van der Waals surface area contributed by atoms with Crippen LogP contribution < -0.4 is 5.73 Å². The molecule has 1 aliphatic heterocycles. The van der Waals surface area contributed by atoms with Gasteiger partial charge in [-0.25, -0.2) is 8.78 Å². The Morgan fingerprint density at radius 2 is 2.15 bits per heavy atom. The van der Waals surface area contributed by atoms with E-state index in [0.29, 0.717) is 13.0 Å². The van der Waals surface area contributed by atoms with E-state index in [1.54, 1.807) is 0 Å². The second-order valence-corrected chi connectivity index (χ2v) is 5.41. The first-order valence-corrected chi connectivity index (χ1v) is 7.18. The van der Waals surface area contributed by atoms with E-state index in [0.717, 1.165) is 31.9 Å². The number of benzene rings is 1. The smallest absolute Gasteiger partial charge is 0.163 e. The van der Waals surface area contributed by atoms with Crippen molar-refractivity contribution in [2.24, 2.45) is 5.73 Å². The summed E-state index contributed by atoms with van der Waals surface area (Å²) in [5.74, 6) is -1.71. The summed E-state index contributed by atoms with van der Waals surface area (Å²) >= 11 is 0. The Balaban J connectivity index is 1.94. The molecule has 0 bridgehead atoms. The van der Waals surface area contributed by atoms with E-state index in [4.69, 9.17) is 5.73 Å². The van der Waals surface area contributed by atoms with Crippen LogP contribution in [0.5, 0.6) is 0 Å².